The van der Waals surface area contributed by atoms with Crippen LogP contribution in [-0.2, 0) is 11.2 Å². The Balaban J connectivity index is 2.10. The van der Waals surface area contributed by atoms with E-state index in [1.165, 1.54) is 0 Å². The highest BCUT2D eigenvalue weighted by molar-refractivity contribution is 5.67. The summed E-state index contributed by atoms with van der Waals surface area (Å²) >= 11 is 0. The van der Waals surface area contributed by atoms with Crippen LogP contribution >= 0.6 is 0 Å². The van der Waals surface area contributed by atoms with Gasteiger partial charge in [0.05, 0.1) is 12.0 Å². The molecule has 0 aliphatic heterocycles. The van der Waals surface area contributed by atoms with Crippen LogP contribution in [-0.4, -0.2) is 20.6 Å². The first-order chi connectivity index (χ1) is 9.06. The molecule has 19 heavy (non-hydrogen) atoms. The number of aliphatic carboxylic acids is 1. The Labute approximate surface area is 112 Å². The Bertz CT molecular complexity index is 556. The predicted molar refractivity (Wildman–Crippen MR) is 74.0 cm³/mol. The van der Waals surface area contributed by atoms with E-state index in [1.807, 2.05) is 36.8 Å². The Morgan fingerprint density at radius 2 is 2.00 bits per heavy atom. The van der Waals surface area contributed by atoms with E-state index in [4.69, 9.17) is 5.11 Å². The number of carboxylic acids is 1. The summed E-state index contributed by atoms with van der Waals surface area (Å²) in [5, 5.41) is 8.65. The van der Waals surface area contributed by atoms with Crippen LogP contribution in [0.5, 0.6) is 0 Å². The first-order valence-corrected chi connectivity index (χ1v) is 6.41. The number of aromatic nitrogens is 2. The standard InChI is InChI=1S/C15H18N2O2/c1-11(2)17-9-14(16-10-17)13-6-3-12(4-7-13)5-8-15(18)19/h3-4,6-7,9-11H,5,8H2,1-2H3,(H,18,19). The minimum atomic E-state index is -0.764. The molecule has 0 aliphatic rings. The van der Waals surface area contributed by atoms with Gasteiger partial charge < -0.3 is 9.67 Å². The Kier molecular flexibility index (Phi) is 4.00. The van der Waals surface area contributed by atoms with Crippen LogP contribution in [0.4, 0.5) is 0 Å². The van der Waals surface area contributed by atoms with Crippen molar-refractivity contribution in [2.45, 2.75) is 32.7 Å². The van der Waals surface area contributed by atoms with Crippen molar-refractivity contribution in [1.29, 1.82) is 0 Å². The van der Waals surface area contributed by atoms with Gasteiger partial charge in [-0.1, -0.05) is 24.3 Å². The smallest absolute Gasteiger partial charge is 0.303 e. The minimum Gasteiger partial charge on any atom is -0.481 e. The number of rotatable bonds is 5. The average Bonchev–Trinajstić information content (AvgIpc) is 2.86. The van der Waals surface area contributed by atoms with Gasteiger partial charge in [0, 0.05) is 24.2 Å². The maximum Gasteiger partial charge on any atom is 0.303 e. The number of carboxylic acid groups (broad SMARTS) is 1. The van der Waals surface area contributed by atoms with Crippen molar-refractivity contribution in [1.82, 2.24) is 9.55 Å². The molecule has 1 heterocycles. The molecule has 0 unspecified atom stereocenters. The second-order valence-electron chi connectivity index (χ2n) is 4.89. The monoisotopic (exact) mass is 258 g/mol. The summed E-state index contributed by atoms with van der Waals surface area (Å²) in [6.45, 7) is 4.22. The molecular formula is C15H18N2O2. The van der Waals surface area contributed by atoms with Crippen molar-refractivity contribution >= 4 is 5.97 Å². The highest BCUT2D eigenvalue weighted by atomic mass is 16.4. The van der Waals surface area contributed by atoms with Gasteiger partial charge in [0.2, 0.25) is 0 Å². The quantitative estimate of drug-likeness (QED) is 0.896. The second kappa shape index (κ2) is 5.69. The molecule has 1 aromatic heterocycles. The first-order valence-electron chi connectivity index (χ1n) is 6.41. The van der Waals surface area contributed by atoms with E-state index >= 15 is 0 Å². The maximum absolute atomic E-state index is 10.5. The van der Waals surface area contributed by atoms with E-state index in [1.54, 1.807) is 0 Å². The molecule has 4 nitrogen and oxygen atoms in total. The SMILES string of the molecule is CC(C)n1cnc(-c2ccc(CCC(=O)O)cc2)c1. The zero-order valence-electron chi connectivity index (χ0n) is 11.2. The molecule has 100 valence electrons. The number of hydrogen-bond acceptors (Lipinski definition) is 2. The zero-order valence-corrected chi connectivity index (χ0v) is 11.2. The fourth-order valence-corrected chi connectivity index (χ4v) is 1.86. The summed E-state index contributed by atoms with van der Waals surface area (Å²) in [5.41, 5.74) is 3.03. The van der Waals surface area contributed by atoms with Gasteiger partial charge in [0.15, 0.2) is 0 Å². The average molecular weight is 258 g/mol. The number of carbonyl (C=O) groups is 1. The second-order valence-corrected chi connectivity index (χ2v) is 4.89. The molecule has 0 spiro atoms. The van der Waals surface area contributed by atoms with E-state index in [9.17, 15) is 4.79 Å². The molecule has 0 radical (unpaired) electrons. The van der Waals surface area contributed by atoms with E-state index in [-0.39, 0.29) is 6.42 Å². The minimum absolute atomic E-state index is 0.168. The summed E-state index contributed by atoms with van der Waals surface area (Å²) < 4.78 is 2.06. The van der Waals surface area contributed by atoms with Gasteiger partial charge in [-0.05, 0) is 25.8 Å². The molecule has 2 rings (SSSR count). The number of aryl methyl sites for hydroxylation is 1. The lowest BCUT2D eigenvalue weighted by atomic mass is 10.1. The lowest BCUT2D eigenvalue weighted by Crippen LogP contribution is -1.97. The number of imidazole rings is 1. The van der Waals surface area contributed by atoms with Crippen LogP contribution < -0.4 is 0 Å². The Morgan fingerprint density at radius 3 is 2.53 bits per heavy atom. The zero-order chi connectivity index (χ0) is 13.8. The third-order valence-electron chi connectivity index (χ3n) is 3.08. The molecule has 0 amide bonds. The fraction of sp³-hybridized carbons (Fsp3) is 0.333. The summed E-state index contributed by atoms with van der Waals surface area (Å²) in [7, 11) is 0. The molecule has 0 fully saturated rings. The first kappa shape index (κ1) is 13.3. The van der Waals surface area contributed by atoms with Crippen molar-refractivity contribution in [3.63, 3.8) is 0 Å². The van der Waals surface area contributed by atoms with Gasteiger partial charge in [0.1, 0.15) is 0 Å². The molecule has 2 aromatic rings. The van der Waals surface area contributed by atoms with Crippen LogP contribution in [0.25, 0.3) is 11.3 Å². The maximum atomic E-state index is 10.5. The fourth-order valence-electron chi connectivity index (χ4n) is 1.86. The molecule has 0 saturated heterocycles. The van der Waals surface area contributed by atoms with Gasteiger partial charge >= 0.3 is 5.97 Å². The number of nitrogens with zero attached hydrogens (tertiary/aromatic N) is 2. The van der Waals surface area contributed by atoms with Crippen molar-refractivity contribution in [3.8, 4) is 11.3 Å². The van der Waals surface area contributed by atoms with E-state index in [0.29, 0.717) is 12.5 Å². The molecular weight excluding hydrogens is 240 g/mol. The van der Waals surface area contributed by atoms with Crippen LogP contribution in [0, 0.1) is 0 Å². The summed E-state index contributed by atoms with van der Waals surface area (Å²) in [4.78, 5) is 14.9. The van der Waals surface area contributed by atoms with Gasteiger partial charge in [-0.15, -0.1) is 0 Å². The third kappa shape index (κ3) is 3.44. The van der Waals surface area contributed by atoms with Crippen LogP contribution in [0.3, 0.4) is 0 Å². The van der Waals surface area contributed by atoms with Gasteiger partial charge in [-0.2, -0.15) is 0 Å². The van der Waals surface area contributed by atoms with Crippen LogP contribution in [0.15, 0.2) is 36.8 Å². The van der Waals surface area contributed by atoms with Gasteiger partial charge in [0.25, 0.3) is 0 Å². The summed E-state index contributed by atoms with van der Waals surface area (Å²) in [6, 6.07) is 8.31. The molecule has 0 atom stereocenters. The molecule has 4 heteroatoms. The molecule has 0 saturated carbocycles. The van der Waals surface area contributed by atoms with Crippen LogP contribution in [0.1, 0.15) is 31.9 Å². The third-order valence-corrected chi connectivity index (χ3v) is 3.08. The van der Waals surface area contributed by atoms with Crippen molar-refractivity contribution in [3.05, 3.63) is 42.4 Å². The lowest BCUT2D eigenvalue weighted by molar-refractivity contribution is -0.136. The highest BCUT2D eigenvalue weighted by Crippen LogP contribution is 2.19. The largest absolute Gasteiger partial charge is 0.481 e. The highest BCUT2D eigenvalue weighted by Gasteiger charge is 2.05. The number of hydrogen-bond donors (Lipinski definition) is 1. The molecule has 0 bridgehead atoms. The van der Waals surface area contributed by atoms with Gasteiger partial charge in [-0.3, -0.25) is 4.79 Å². The van der Waals surface area contributed by atoms with Crippen molar-refractivity contribution < 1.29 is 9.90 Å². The predicted octanol–water partition coefficient (Wildman–Crippen LogP) is 3.15. The molecule has 1 aromatic carbocycles. The topological polar surface area (TPSA) is 55.1 Å². The number of benzene rings is 1. The van der Waals surface area contributed by atoms with E-state index in [0.717, 1.165) is 16.8 Å². The molecule has 0 aliphatic carbocycles. The summed E-state index contributed by atoms with van der Waals surface area (Å²) in [5.74, 6) is -0.764. The van der Waals surface area contributed by atoms with Crippen molar-refractivity contribution in [2.75, 3.05) is 0 Å². The van der Waals surface area contributed by atoms with Crippen molar-refractivity contribution in [2.24, 2.45) is 0 Å². The van der Waals surface area contributed by atoms with E-state index in [2.05, 4.69) is 23.4 Å². The normalized spacial score (nSPS) is 10.9. The molecule has 1 N–H and O–H groups in total. The lowest BCUT2D eigenvalue weighted by Gasteiger charge is -2.04. The van der Waals surface area contributed by atoms with E-state index < -0.39 is 5.97 Å². The summed E-state index contributed by atoms with van der Waals surface area (Å²) in [6.07, 6.45) is 4.59. The van der Waals surface area contributed by atoms with Crippen LogP contribution in [0.2, 0.25) is 0 Å². The van der Waals surface area contributed by atoms with Gasteiger partial charge in [-0.25, -0.2) is 4.98 Å². The Hall–Kier alpha value is -2.10. The Morgan fingerprint density at radius 1 is 1.32 bits per heavy atom.